The Kier molecular flexibility index (Phi) is 3.17. The van der Waals surface area contributed by atoms with Crippen molar-refractivity contribution < 1.29 is 22.9 Å². The lowest BCUT2D eigenvalue weighted by molar-refractivity contribution is -0.114. The fourth-order valence-electron chi connectivity index (χ4n) is 1.79. The maximum Gasteiger partial charge on any atom is 0.294 e. The molecule has 0 fully saturated rings. The van der Waals surface area contributed by atoms with Crippen molar-refractivity contribution >= 4 is 32.5 Å². The highest BCUT2D eigenvalue weighted by molar-refractivity contribution is 7.85. The van der Waals surface area contributed by atoms with Crippen molar-refractivity contribution in [3.05, 3.63) is 30.3 Å². The van der Waals surface area contributed by atoms with Gasteiger partial charge in [-0.15, -0.1) is 0 Å². The van der Waals surface area contributed by atoms with Crippen LogP contribution in [0.15, 0.2) is 35.2 Å². The van der Waals surface area contributed by atoms with Gasteiger partial charge in [-0.2, -0.15) is 8.42 Å². The Morgan fingerprint density at radius 3 is 2.47 bits per heavy atom. The van der Waals surface area contributed by atoms with Crippen LogP contribution in [-0.4, -0.2) is 24.0 Å². The van der Waals surface area contributed by atoms with Gasteiger partial charge in [0.15, 0.2) is 0 Å². The van der Waals surface area contributed by atoms with Gasteiger partial charge in [0.1, 0.15) is 5.75 Å². The zero-order valence-electron chi connectivity index (χ0n) is 9.91. The zero-order valence-corrected chi connectivity index (χ0v) is 10.7. The first kappa shape index (κ1) is 13.3. The van der Waals surface area contributed by atoms with E-state index in [1.807, 2.05) is 0 Å². The maximum absolute atomic E-state index is 11.1. The van der Waals surface area contributed by atoms with Crippen molar-refractivity contribution in [2.75, 3.05) is 5.32 Å². The number of aromatic hydroxyl groups is 1. The van der Waals surface area contributed by atoms with E-state index in [9.17, 15) is 18.3 Å². The van der Waals surface area contributed by atoms with Gasteiger partial charge in [0, 0.05) is 29.4 Å². The molecule has 2 aromatic rings. The van der Waals surface area contributed by atoms with Crippen LogP contribution in [0.4, 0.5) is 5.69 Å². The number of benzene rings is 2. The lowest BCUT2D eigenvalue weighted by Crippen LogP contribution is -2.06. The summed E-state index contributed by atoms with van der Waals surface area (Å²) < 4.78 is 31.3. The number of fused-ring (bicyclic) bond motifs is 1. The summed E-state index contributed by atoms with van der Waals surface area (Å²) in [6, 6.07) is 6.89. The monoisotopic (exact) mass is 281 g/mol. The number of carbonyl (C=O) groups excluding carboxylic acids is 1. The number of carbonyl (C=O) groups is 1. The Bertz CT molecular complexity index is 767. The predicted octanol–water partition coefficient (Wildman–Crippen LogP) is 1.75. The molecule has 0 bridgehead atoms. The van der Waals surface area contributed by atoms with Gasteiger partial charge >= 0.3 is 0 Å². The van der Waals surface area contributed by atoms with Crippen LogP contribution in [0.2, 0.25) is 0 Å². The highest BCUT2D eigenvalue weighted by atomic mass is 32.2. The summed E-state index contributed by atoms with van der Waals surface area (Å²) in [5, 5.41) is 13.0. The van der Waals surface area contributed by atoms with Crippen molar-refractivity contribution in [1.29, 1.82) is 0 Å². The first-order valence-corrected chi connectivity index (χ1v) is 6.74. The number of phenolic OH excluding ortho intramolecular Hbond substituents is 1. The molecule has 0 saturated heterocycles. The minimum absolute atomic E-state index is 0.294. The van der Waals surface area contributed by atoms with Crippen LogP contribution in [0.25, 0.3) is 10.8 Å². The van der Waals surface area contributed by atoms with E-state index in [1.54, 1.807) is 18.2 Å². The number of anilines is 1. The second-order valence-electron chi connectivity index (χ2n) is 4.00. The molecule has 0 aliphatic heterocycles. The van der Waals surface area contributed by atoms with Crippen molar-refractivity contribution in [3.63, 3.8) is 0 Å². The van der Waals surface area contributed by atoms with Crippen LogP contribution in [-0.2, 0) is 14.9 Å². The molecule has 2 rings (SSSR count). The first-order valence-electron chi connectivity index (χ1n) is 5.30. The van der Waals surface area contributed by atoms with Gasteiger partial charge in [-0.3, -0.25) is 9.35 Å². The molecular weight excluding hydrogens is 270 g/mol. The fraction of sp³-hybridized carbons (Fsp3) is 0.0833. The largest absolute Gasteiger partial charge is 0.507 e. The van der Waals surface area contributed by atoms with Gasteiger partial charge in [-0.05, 0) is 12.1 Å². The average Bonchev–Trinajstić information content (AvgIpc) is 2.28. The van der Waals surface area contributed by atoms with Crippen molar-refractivity contribution in [2.24, 2.45) is 0 Å². The van der Waals surface area contributed by atoms with E-state index in [1.165, 1.54) is 13.0 Å². The molecule has 7 heteroatoms. The molecule has 0 spiro atoms. The van der Waals surface area contributed by atoms with E-state index in [0.717, 1.165) is 6.07 Å². The predicted molar refractivity (Wildman–Crippen MR) is 69.7 cm³/mol. The number of amides is 1. The maximum atomic E-state index is 11.1. The van der Waals surface area contributed by atoms with Crippen molar-refractivity contribution in [2.45, 2.75) is 11.8 Å². The van der Waals surface area contributed by atoms with E-state index in [-0.39, 0.29) is 11.7 Å². The molecule has 6 nitrogen and oxygen atoms in total. The van der Waals surface area contributed by atoms with Gasteiger partial charge in [-0.1, -0.05) is 12.1 Å². The Labute approximate surface area is 109 Å². The van der Waals surface area contributed by atoms with Crippen LogP contribution in [0.5, 0.6) is 5.75 Å². The normalized spacial score (nSPS) is 11.5. The highest BCUT2D eigenvalue weighted by Gasteiger charge is 2.15. The average molecular weight is 281 g/mol. The number of rotatable bonds is 2. The zero-order chi connectivity index (χ0) is 14.2. The number of nitrogens with one attached hydrogen (secondary N) is 1. The molecule has 0 aliphatic rings. The number of hydrogen-bond acceptors (Lipinski definition) is 4. The summed E-state index contributed by atoms with van der Waals surface area (Å²) >= 11 is 0. The smallest absolute Gasteiger partial charge is 0.294 e. The third kappa shape index (κ3) is 2.67. The number of phenols is 1. The van der Waals surface area contributed by atoms with Gasteiger partial charge in [-0.25, -0.2) is 0 Å². The second kappa shape index (κ2) is 4.52. The molecule has 0 saturated carbocycles. The molecule has 19 heavy (non-hydrogen) atoms. The molecule has 100 valence electrons. The van der Waals surface area contributed by atoms with E-state index >= 15 is 0 Å². The third-order valence-corrected chi connectivity index (χ3v) is 3.39. The molecule has 0 unspecified atom stereocenters. The lowest BCUT2D eigenvalue weighted by atomic mass is 10.1. The highest BCUT2D eigenvalue weighted by Crippen LogP contribution is 2.33. The second-order valence-corrected chi connectivity index (χ2v) is 5.42. The van der Waals surface area contributed by atoms with Gasteiger partial charge in [0.25, 0.3) is 10.1 Å². The molecule has 3 N–H and O–H groups in total. The Balaban J connectivity index is 2.80. The van der Waals surface area contributed by atoms with Crippen LogP contribution in [0, 0.1) is 0 Å². The van der Waals surface area contributed by atoms with Crippen molar-refractivity contribution in [1.82, 2.24) is 0 Å². The van der Waals surface area contributed by atoms with E-state index in [4.69, 9.17) is 4.55 Å². The summed E-state index contributed by atoms with van der Waals surface area (Å²) in [7, 11) is -4.43. The third-order valence-electron chi connectivity index (χ3n) is 2.56. The molecule has 1 amide bonds. The van der Waals surface area contributed by atoms with Crippen molar-refractivity contribution in [3.8, 4) is 5.75 Å². The standard InChI is InChI=1S/C12H11NO5S/c1-7(14)13-11-4-2-3-9-10(11)5-8(6-12(9)15)19(16,17)18/h2-6,15H,1H3,(H,13,14)(H,16,17,18). The quantitative estimate of drug-likeness (QED) is 0.727. The summed E-state index contributed by atoms with van der Waals surface area (Å²) in [6.45, 7) is 1.31. The van der Waals surface area contributed by atoms with Gasteiger partial charge in [0.05, 0.1) is 4.90 Å². The molecule has 0 aliphatic carbocycles. The summed E-state index contributed by atoms with van der Waals surface area (Å²) in [5.74, 6) is -0.624. The first-order chi connectivity index (χ1) is 8.79. The van der Waals surface area contributed by atoms with E-state index in [2.05, 4.69) is 5.32 Å². The van der Waals surface area contributed by atoms with Crippen LogP contribution in [0.3, 0.4) is 0 Å². The molecule has 0 atom stereocenters. The van der Waals surface area contributed by atoms with Crippen LogP contribution >= 0.6 is 0 Å². The molecule has 0 heterocycles. The number of hydrogen-bond donors (Lipinski definition) is 3. The minimum atomic E-state index is -4.43. The Morgan fingerprint density at radius 2 is 1.89 bits per heavy atom. The summed E-state index contributed by atoms with van der Waals surface area (Å²) in [6.07, 6.45) is 0. The van der Waals surface area contributed by atoms with E-state index in [0.29, 0.717) is 16.5 Å². The molecular formula is C12H11NO5S. The van der Waals surface area contributed by atoms with Gasteiger partial charge < -0.3 is 10.4 Å². The van der Waals surface area contributed by atoms with E-state index < -0.39 is 15.0 Å². The molecule has 0 aromatic heterocycles. The Morgan fingerprint density at radius 1 is 1.21 bits per heavy atom. The topological polar surface area (TPSA) is 104 Å². The molecule has 0 radical (unpaired) electrons. The van der Waals surface area contributed by atoms with Crippen LogP contribution in [0.1, 0.15) is 6.92 Å². The van der Waals surface area contributed by atoms with Crippen LogP contribution < -0.4 is 5.32 Å². The Hall–Kier alpha value is -2.12. The summed E-state index contributed by atoms with van der Waals surface area (Å²) in [5.41, 5.74) is 0.353. The summed E-state index contributed by atoms with van der Waals surface area (Å²) in [4.78, 5) is 10.6. The lowest BCUT2D eigenvalue weighted by Gasteiger charge is -2.09. The van der Waals surface area contributed by atoms with Gasteiger partial charge in [0.2, 0.25) is 5.91 Å². The SMILES string of the molecule is CC(=O)Nc1cccc2c(O)cc(S(=O)(=O)O)cc12. The molecule has 2 aromatic carbocycles. The fourth-order valence-corrected chi connectivity index (χ4v) is 2.32. The minimum Gasteiger partial charge on any atom is -0.507 e.